The molecule has 0 fully saturated rings. The first-order chi connectivity index (χ1) is 15.2. The van der Waals surface area contributed by atoms with Crippen LogP contribution in [0.15, 0.2) is 41.4 Å². The van der Waals surface area contributed by atoms with Gasteiger partial charge in [0.15, 0.2) is 0 Å². The van der Waals surface area contributed by atoms with Crippen molar-refractivity contribution in [1.82, 2.24) is 15.1 Å². The third kappa shape index (κ3) is 5.17. The quantitative estimate of drug-likeness (QED) is 0.463. The highest BCUT2D eigenvalue weighted by Crippen LogP contribution is 2.25. The maximum atomic E-state index is 13.0. The Kier molecular flexibility index (Phi) is 6.98. The van der Waals surface area contributed by atoms with Crippen molar-refractivity contribution < 1.29 is 9.53 Å². The summed E-state index contributed by atoms with van der Waals surface area (Å²) in [4.78, 5) is 17.7. The van der Waals surface area contributed by atoms with Gasteiger partial charge >= 0.3 is 0 Å². The van der Waals surface area contributed by atoms with Crippen LogP contribution in [0.5, 0.6) is 5.75 Å². The Morgan fingerprint density at radius 3 is 2.44 bits per heavy atom. The summed E-state index contributed by atoms with van der Waals surface area (Å²) < 4.78 is 7.32. The van der Waals surface area contributed by atoms with E-state index in [-0.39, 0.29) is 5.91 Å². The number of hydrogen-bond acceptors (Lipinski definition) is 4. The molecule has 2 N–H and O–H groups in total. The van der Waals surface area contributed by atoms with Crippen molar-refractivity contribution in [2.45, 2.75) is 41.2 Å². The van der Waals surface area contributed by atoms with Crippen LogP contribution in [0.2, 0.25) is 0 Å². The van der Waals surface area contributed by atoms with Crippen LogP contribution in [0, 0.1) is 34.6 Å². The second-order valence-electron chi connectivity index (χ2n) is 8.02. The third-order valence-corrected chi connectivity index (χ3v) is 5.66. The fourth-order valence-corrected chi connectivity index (χ4v) is 3.42. The molecule has 0 aliphatic carbocycles. The molecule has 0 unspecified atom stereocenters. The highest BCUT2D eigenvalue weighted by atomic mass is 16.5. The number of nitrogens with one attached hydrogen (secondary N) is 2. The van der Waals surface area contributed by atoms with E-state index >= 15 is 0 Å². The van der Waals surface area contributed by atoms with E-state index < -0.39 is 0 Å². The first-order valence-electron chi connectivity index (χ1n) is 10.5. The number of aromatic nitrogens is 2. The normalized spacial score (nSPS) is 11.4. The smallest absolute Gasteiger partial charge is 0.257 e. The highest BCUT2D eigenvalue weighted by molar-refractivity contribution is 6.10. The molecule has 0 aliphatic rings. The predicted molar refractivity (Wildman–Crippen MR) is 129 cm³/mol. The van der Waals surface area contributed by atoms with Gasteiger partial charge in [0.05, 0.1) is 25.0 Å². The largest absolute Gasteiger partial charge is 0.495 e. The second kappa shape index (κ2) is 9.68. The van der Waals surface area contributed by atoms with Crippen LogP contribution in [-0.2, 0) is 13.6 Å². The number of aryl methyl sites for hydroxylation is 5. The number of aliphatic imine (C=N–C) groups is 1. The number of amides is 1. The van der Waals surface area contributed by atoms with Gasteiger partial charge in [0.2, 0.25) is 5.96 Å². The average Bonchev–Trinajstić information content (AvgIpc) is 2.99. The molecule has 3 aromatic rings. The molecule has 7 nitrogen and oxygen atoms in total. The van der Waals surface area contributed by atoms with Crippen molar-refractivity contribution in [2.24, 2.45) is 12.0 Å². The van der Waals surface area contributed by atoms with Crippen molar-refractivity contribution in [3.05, 3.63) is 75.6 Å². The van der Waals surface area contributed by atoms with Crippen LogP contribution in [0.3, 0.4) is 0 Å². The Labute approximate surface area is 189 Å². The van der Waals surface area contributed by atoms with E-state index in [1.807, 2.05) is 82.7 Å². The number of nitrogens with zero attached hydrogens (tertiary/aromatic N) is 3. The van der Waals surface area contributed by atoms with E-state index in [0.717, 1.165) is 39.3 Å². The fourth-order valence-electron chi connectivity index (χ4n) is 3.42. The van der Waals surface area contributed by atoms with E-state index in [2.05, 4.69) is 15.7 Å². The molecule has 0 saturated heterocycles. The van der Waals surface area contributed by atoms with Gasteiger partial charge in [-0.1, -0.05) is 12.1 Å². The minimum absolute atomic E-state index is 0.231. The van der Waals surface area contributed by atoms with Gasteiger partial charge in [-0.3, -0.25) is 14.8 Å². The van der Waals surface area contributed by atoms with E-state index in [1.54, 1.807) is 7.11 Å². The number of anilines is 1. The van der Waals surface area contributed by atoms with Gasteiger partial charge in [0.1, 0.15) is 5.75 Å². The first-order valence-corrected chi connectivity index (χ1v) is 10.5. The van der Waals surface area contributed by atoms with Crippen LogP contribution in [0.4, 0.5) is 5.69 Å². The lowest BCUT2D eigenvalue weighted by atomic mass is 10.1. The zero-order chi connectivity index (χ0) is 23.4. The Balaban J connectivity index is 1.93. The Morgan fingerprint density at radius 2 is 1.81 bits per heavy atom. The van der Waals surface area contributed by atoms with Gasteiger partial charge in [-0.25, -0.2) is 4.99 Å². The molecule has 32 heavy (non-hydrogen) atoms. The summed E-state index contributed by atoms with van der Waals surface area (Å²) in [6.07, 6.45) is 0. The minimum atomic E-state index is -0.231. The molecule has 0 bridgehead atoms. The van der Waals surface area contributed by atoms with Crippen LogP contribution >= 0.6 is 0 Å². The maximum absolute atomic E-state index is 13.0. The van der Waals surface area contributed by atoms with Gasteiger partial charge in [-0.05, 0) is 75.6 Å². The summed E-state index contributed by atoms with van der Waals surface area (Å²) in [5.74, 6) is 0.780. The summed E-state index contributed by atoms with van der Waals surface area (Å²) in [6, 6.07) is 11.5. The lowest BCUT2D eigenvalue weighted by Gasteiger charge is -2.15. The number of carbonyl (C=O) groups is 1. The highest BCUT2D eigenvalue weighted by Gasteiger charge is 2.14. The topological polar surface area (TPSA) is 80.5 Å². The van der Waals surface area contributed by atoms with Crippen LogP contribution in [-0.4, -0.2) is 28.8 Å². The van der Waals surface area contributed by atoms with Crippen molar-refractivity contribution in [1.29, 1.82) is 0 Å². The molecule has 168 valence electrons. The van der Waals surface area contributed by atoms with E-state index in [4.69, 9.17) is 9.73 Å². The molecule has 2 aromatic carbocycles. The molecule has 0 spiro atoms. The molecule has 1 aromatic heterocycles. The van der Waals surface area contributed by atoms with Gasteiger partial charge in [0.25, 0.3) is 5.91 Å². The molecule has 7 heteroatoms. The van der Waals surface area contributed by atoms with Crippen LogP contribution in [0.1, 0.15) is 44.0 Å². The van der Waals surface area contributed by atoms with Crippen LogP contribution in [0.25, 0.3) is 0 Å². The molecular weight excluding hydrogens is 402 g/mol. The molecule has 0 radical (unpaired) electrons. The molecule has 0 saturated carbocycles. The number of hydrogen-bond donors (Lipinski definition) is 2. The number of methoxy groups -OCH3 is 1. The molecule has 1 heterocycles. The molecule has 1 amide bonds. The Morgan fingerprint density at radius 1 is 1.06 bits per heavy atom. The average molecular weight is 434 g/mol. The number of benzene rings is 2. The molecular formula is C25H31N5O2. The van der Waals surface area contributed by atoms with Crippen LogP contribution < -0.4 is 15.4 Å². The van der Waals surface area contributed by atoms with Gasteiger partial charge in [-0.15, -0.1) is 0 Å². The van der Waals surface area contributed by atoms with Crippen molar-refractivity contribution in [2.75, 3.05) is 12.4 Å². The van der Waals surface area contributed by atoms with Gasteiger partial charge in [-0.2, -0.15) is 5.10 Å². The van der Waals surface area contributed by atoms with E-state index in [1.165, 1.54) is 0 Å². The summed E-state index contributed by atoms with van der Waals surface area (Å²) in [5.41, 5.74) is 7.56. The van der Waals surface area contributed by atoms with E-state index in [0.29, 0.717) is 23.8 Å². The fraction of sp³-hybridized carbons (Fsp3) is 0.320. The summed E-state index contributed by atoms with van der Waals surface area (Å²) in [7, 11) is 3.52. The molecule has 3 rings (SSSR count). The number of rotatable bonds is 5. The number of guanidine groups is 1. The zero-order valence-electron chi connectivity index (χ0n) is 19.8. The SMILES string of the molecule is COc1ccc(C)cc1NC(=NCc1c(C)nn(C)c1C)NC(=O)c1ccc(C)c(C)c1. The maximum Gasteiger partial charge on any atom is 0.257 e. The standard InChI is InChI=1S/C25H31N5O2/c1-15-8-11-23(32-7)22(12-15)27-25(26-14-21-18(4)29-30(6)19(21)5)28-24(31)20-10-9-16(2)17(3)13-20/h8-13H,14H2,1-7H3,(H2,26,27,28,31). The first kappa shape index (κ1) is 23.1. The van der Waals surface area contributed by atoms with Crippen molar-refractivity contribution >= 4 is 17.6 Å². The minimum Gasteiger partial charge on any atom is -0.495 e. The Hall–Kier alpha value is -3.61. The summed E-state index contributed by atoms with van der Waals surface area (Å²) >= 11 is 0. The Bertz CT molecular complexity index is 1180. The van der Waals surface area contributed by atoms with Gasteiger partial charge in [0, 0.05) is 23.9 Å². The molecule has 0 aliphatic heterocycles. The predicted octanol–water partition coefficient (Wildman–Crippen LogP) is 4.37. The van der Waals surface area contributed by atoms with Crippen molar-refractivity contribution in [3.8, 4) is 5.75 Å². The lowest BCUT2D eigenvalue weighted by molar-refractivity contribution is 0.0977. The number of carbonyl (C=O) groups excluding carboxylic acids is 1. The second-order valence-corrected chi connectivity index (χ2v) is 8.02. The summed E-state index contributed by atoms with van der Waals surface area (Å²) in [5, 5.41) is 10.6. The van der Waals surface area contributed by atoms with Gasteiger partial charge < -0.3 is 10.1 Å². The molecule has 0 atom stereocenters. The third-order valence-electron chi connectivity index (χ3n) is 5.66. The monoisotopic (exact) mass is 433 g/mol. The van der Waals surface area contributed by atoms with E-state index in [9.17, 15) is 4.79 Å². The zero-order valence-corrected chi connectivity index (χ0v) is 19.8. The summed E-state index contributed by atoms with van der Waals surface area (Å²) in [6.45, 7) is 10.4. The lowest BCUT2D eigenvalue weighted by Crippen LogP contribution is -2.36. The number of ether oxygens (including phenoxy) is 1. The van der Waals surface area contributed by atoms with Crippen molar-refractivity contribution in [3.63, 3.8) is 0 Å².